The molecule has 4 aromatic rings. The van der Waals surface area contributed by atoms with Crippen LogP contribution in [-0.4, -0.2) is 43.4 Å². The number of hydrogen-bond acceptors (Lipinski definition) is 5. The standard InChI is InChI=1S/C23H21IN6O/c24-23-27-20(19-21(28-23)30(15-25-19)18-7-3-1-4-8-18)26-17-11-9-16(10-12-17)22(31)29-13-5-2-6-14-29/h1,3-4,7-12,15H,2,5-6,13-14H2,(H,26,27,28). The fourth-order valence-corrected chi connectivity index (χ4v) is 4.32. The molecule has 3 heterocycles. The van der Waals surface area contributed by atoms with E-state index in [4.69, 9.17) is 0 Å². The molecule has 0 radical (unpaired) electrons. The van der Waals surface area contributed by atoms with Gasteiger partial charge in [0.15, 0.2) is 20.8 Å². The first kappa shape index (κ1) is 19.9. The average Bonchev–Trinajstić information content (AvgIpc) is 3.24. The van der Waals surface area contributed by atoms with E-state index in [1.165, 1.54) is 6.42 Å². The maximum absolute atomic E-state index is 12.7. The summed E-state index contributed by atoms with van der Waals surface area (Å²) in [5.74, 6) is 0.742. The van der Waals surface area contributed by atoms with Crippen molar-refractivity contribution in [2.75, 3.05) is 18.4 Å². The summed E-state index contributed by atoms with van der Waals surface area (Å²) in [5, 5.41) is 3.34. The molecule has 1 aliphatic heterocycles. The minimum absolute atomic E-state index is 0.104. The van der Waals surface area contributed by atoms with Crippen molar-refractivity contribution in [1.82, 2.24) is 24.4 Å². The molecule has 0 bridgehead atoms. The van der Waals surface area contributed by atoms with Crippen molar-refractivity contribution >= 4 is 51.2 Å². The number of carbonyl (C=O) groups is 1. The van der Waals surface area contributed by atoms with Crippen LogP contribution in [0.25, 0.3) is 16.9 Å². The number of aromatic nitrogens is 4. The Morgan fingerprint density at radius 2 is 1.68 bits per heavy atom. The third kappa shape index (κ3) is 4.12. The Hall–Kier alpha value is -3.01. The smallest absolute Gasteiger partial charge is 0.253 e. The summed E-state index contributed by atoms with van der Waals surface area (Å²) in [6.07, 6.45) is 5.14. The predicted molar refractivity (Wildman–Crippen MR) is 129 cm³/mol. The van der Waals surface area contributed by atoms with Gasteiger partial charge in [-0.1, -0.05) is 18.2 Å². The van der Waals surface area contributed by atoms with Crippen LogP contribution in [0.15, 0.2) is 60.9 Å². The van der Waals surface area contributed by atoms with Gasteiger partial charge in [-0.2, -0.15) is 0 Å². The molecule has 156 valence electrons. The predicted octanol–water partition coefficient (Wildman–Crippen LogP) is 4.79. The number of anilines is 2. The quantitative estimate of drug-likeness (QED) is 0.307. The van der Waals surface area contributed by atoms with E-state index in [0.717, 1.165) is 43.0 Å². The Morgan fingerprint density at radius 1 is 0.935 bits per heavy atom. The molecule has 0 saturated carbocycles. The van der Waals surface area contributed by atoms with Crippen molar-refractivity contribution in [3.8, 4) is 5.69 Å². The van der Waals surface area contributed by atoms with Gasteiger partial charge in [-0.15, -0.1) is 0 Å². The maximum Gasteiger partial charge on any atom is 0.253 e. The number of rotatable bonds is 4. The van der Waals surface area contributed by atoms with Crippen molar-refractivity contribution in [2.24, 2.45) is 0 Å². The van der Waals surface area contributed by atoms with Gasteiger partial charge < -0.3 is 10.2 Å². The molecule has 2 aromatic heterocycles. The van der Waals surface area contributed by atoms with E-state index in [0.29, 0.717) is 20.7 Å². The van der Waals surface area contributed by atoms with E-state index in [2.05, 4.69) is 42.9 Å². The highest BCUT2D eigenvalue weighted by atomic mass is 127. The summed E-state index contributed by atoms with van der Waals surface area (Å²) >= 11 is 2.11. The molecule has 1 N–H and O–H groups in total. The molecule has 1 aliphatic rings. The molecule has 7 nitrogen and oxygen atoms in total. The number of benzene rings is 2. The molecule has 0 unspecified atom stereocenters. The Kier molecular flexibility index (Phi) is 5.54. The van der Waals surface area contributed by atoms with Crippen LogP contribution in [0.5, 0.6) is 0 Å². The molecule has 0 atom stereocenters. The van der Waals surface area contributed by atoms with Gasteiger partial charge >= 0.3 is 0 Å². The van der Waals surface area contributed by atoms with E-state index in [-0.39, 0.29) is 5.91 Å². The lowest BCUT2D eigenvalue weighted by Gasteiger charge is -2.26. The van der Waals surface area contributed by atoms with Crippen molar-refractivity contribution in [3.63, 3.8) is 0 Å². The molecule has 31 heavy (non-hydrogen) atoms. The second-order valence-corrected chi connectivity index (χ2v) is 8.48. The first-order valence-corrected chi connectivity index (χ1v) is 11.4. The number of halogens is 1. The van der Waals surface area contributed by atoms with Crippen LogP contribution in [-0.2, 0) is 0 Å². The maximum atomic E-state index is 12.7. The van der Waals surface area contributed by atoms with E-state index in [1.807, 2.05) is 64.1 Å². The number of nitrogens with one attached hydrogen (secondary N) is 1. The highest BCUT2D eigenvalue weighted by Gasteiger charge is 2.18. The Balaban J connectivity index is 1.41. The highest BCUT2D eigenvalue weighted by Crippen LogP contribution is 2.26. The summed E-state index contributed by atoms with van der Waals surface area (Å²) in [5.41, 5.74) is 3.98. The number of amides is 1. The first-order valence-electron chi connectivity index (χ1n) is 10.3. The lowest BCUT2D eigenvalue weighted by molar-refractivity contribution is 0.0724. The molecule has 1 fully saturated rings. The van der Waals surface area contributed by atoms with Gasteiger partial charge in [0.05, 0.1) is 0 Å². The summed E-state index contributed by atoms with van der Waals surface area (Å²) in [6, 6.07) is 17.5. The number of piperidine rings is 1. The first-order chi connectivity index (χ1) is 15.2. The number of para-hydroxylation sites is 1. The van der Waals surface area contributed by atoms with Crippen molar-refractivity contribution < 1.29 is 4.79 Å². The Labute approximate surface area is 193 Å². The molecular formula is C23H21IN6O. The van der Waals surface area contributed by atoms with Gasteiger partial charge in [-0.05, 0) is 55.7 Å². The second kappa shape index (κ2) is 8.62. The third-order valence-electron chi connectivity index (χ3n) is 5.44. The number of hydrogen-bond donors (Lipinski definition) is 1. The number of nitrogens with zero attached hydrogens (tertiary/aromatic N) is 5. The third-order valence-corrected chi connectivity index (χ3v) is 5.92. The zero-order valence-electron chi connectivity index (χ0n) is 16.8. The molecule has 0 spiro atoms. The van der Waals surface area contributed by atoms with E-state index >= 15 is 0 Å². The molecule has 2 aromatic carbocycles. The van der Waals surface area contributed by atoms with E-state index in [9.17, 15) is 4.79 Å². The van der Waals surface area contributed by atoms with Crippen LogP contribution in [0.4, 0.5) is 11.5 Å². The van der Waals surface area contributed by atoms with Gasteiger partial charge in [0.1, 0.15) is 6.33 Å². The van der Waals surface area contributed by atoms with Crippen LogP contribution in [0, 0.1) is 3.83 Å². The van der Waals surface area contributed by atoms with Crippen molar-refractivity contribution in [3.05, 3.63) is 70.3 Å². The van der Waals surface area contributed by atoms with Gasteiger partial charge in [0.2, 0.25) is 0 Å². The summed E-state index contributed by atoms with van der Waals surface area (Å²) < 4.78 is 2.58. The van der Waals surface area contributed by atoms with Crippen LogP contribution in [0.1, 0.15) is 29.6 Å². The van der Waals surface area contributed by atoms with Crippen LogP contribution in [0.2, 0.25) is 0 Å². The SMILES string of the molecule is O=C(c1ccc(Nc2nc(I)nc3c2ncn3-c2ccccc2)cc1)N1CCCCC1. The van der Waals surface area contributed by atoms with Crippen molar-refractivity contribution in [1.29, 1.82) is 0 Å². The molecule has 0 aliphatic carbocycles. The van der Waals surface area contributed by atoms with Crippen molar-refractivity contribution in [2.45, 2.75) is 19.3 Å². The topological polar surface area (TPSA) is 75.9 Å². The Morgan fingerprint density at radius 3 is 2.42 bits per heavy atom. The second-order valence-electron chi connectivity index (χ2n) is 7.52. The number of imidazole rings is 1. The van der Waals surface area contributed by atoms with Gasteiger partial charge in [-0.3, -0.25) is 9.36 Å². The van der Waals surface area contributed by atoms with Gasteiger partial charge in [0, 0.05) is 52.6 Å². The minimum Gasteiger partial charge on any atom is -0.339 e. The molecule has 8 heteroatoms. The number of likely N-dealkylation sites (tertiary alicyclic amines) is 1. The fourth-order valence-electron chi connectivity index (χ4n) is 3.85. The van der Waals surface area contributed by atoms with Crippen LogP contribution >= 0.6 is 22.6 Å². The monoisotopic (exact) mass is 524 g/mol. The minimum atomic E-state index is 0.104. The van der Waals surface area contributed by atoms with Crippen LogP contribution in [0.3, 0.4) is 0 Å². The molecular weight excluding hydrogens is 503 g/mol. The number of fused-ring (bicyclic) bond motifs is 1. The fraction of sp³-hybridized carbons (Fsp3) is 0.217. The zero-order chi connectivity index (χ0) is 21.2. The largest absolute Gasteiger partial charge is 0.339 e. The molecule has 1 saturated heterocycles. The van der Waals surface area contributed by atoms with Crippen LogP contribution < -0.4 is 5.32 Å². The average molecular weight is 524 g/mol. The number of carbonyl (C=O) groups excluding carboxylic acids is 1. The van der Waals surface area contributed by atoms with Gasteiger partial charge in [-0.25, -0.2) is 15.0 Å². The highest BCUT2D eigenvalue weighted by molar-refractivity contribution is 14.1. The normalized spacial score (nSPS) is 14.0. The lowest BCUT2D eigenvalue weighted by atomic mass is 10.1. The lowest BCUT2D eigenvalue weighted by Crippen LogP contribution is -2.35. The summed E-state index contributed by atoms with van der Waals surface area (Å²) in [7, 11) is 0. The van der Waals surface area contributed by atoms with E-state index in [1.54, 1.807) is 6.33 Å². The summed E-state index contributed by atoms with van der Waals surface area (Å²) in [4.78, 5) is 28.3. The van der Waals surface area contributed by atoms with E-state index < -0.39 is 0 Å². The van der Waals surface area contributed by atoms with Gasteiger partial charge in [0.25, 0.3) is 5.91 Å². The Bertz CT molecular complexity index is 1220. The summed E-state index contributed by atoms with van der Waals surface area (Å²) in [6.45, 7) is 1.69. The molecule has 5 rings (SSSR count). The molecule has 1 amide bonds. The zero-order valence-corrected chi connectivity index (χ0v) is 19.0.